The molecule has 0 radical (unpaired) electrons. The summed E-state index contributed by atoms with van der Waals surface area (Å²) in [5, 5.41) is 0. The second-order valence-corrected chi connectivity index (χ2v) is 9.23. The predicted molar refractivity (Wildman–Crippen MR) is 126 cm³/mol. The molecule has 30 heavy (non-hydrogen) atoms. The van der Waals surface area contributed by atoms with Crippen LogP contribution < -0.4 is 4.74 Å². The lowest BCUT2D eigenvalue weighted by Gasteiger charge is -2.24. The molecule has 2 nitrogen and oxygen atoms in total. The van der Waals surface area contributed by atoms with Crippen molar-refractivity contribution in [1.29, 1.82) is 0 Å². The molecule has 0 bridgehead atoms. The molecular formula is C28H40O2. The van der Waals surface area contributed by atoms with Crippen LogP contribution in [0.4, 0.5) is 0 Å². The summed E-state index contributed by atoms with van der Waals surface area (Å²) in [6, 6.07) is 19.0. The van der Waals surface area contributed by atoms with E-state index >= 15 is 0 Å². The highest BCUT2D eigenvalue weighted by Gasteiger charge is 2.18. The SMILES string of the molecule is CCCC(c1ccc(OC(OCCC2CCCCC2)c2ccccc2)cc1)C(C)C. The van der Waals surface area contributed by atoms with Crippen LogP contribution in [0, 0.1) is 11.8 Å². The third kappa shape index (κ3) is 6.87. The van der Waals surface area contributed by atoms with E-state index in [1.807, 2.05) is 6.07 Å². The zero-order valence-electron chi connectivity index (χ0n) is 19.2. The molecule has 0 aromatic heterocycles. The number of hydrogen-bond donors (Lipinski definition) is 0. The minimum Gasteiger partial charge on any atom is -0.461 e. The Hall–Kier alpha value is -1.80. The summed E-state index contributed by atoms with van der Waals surface area (Å²) in [6.07, 6.45) is 10.1. The summed E-state index contributed by atoms with van der Waals surface area (Å²) in [6.45, 7) is 7.66. The molecule has 1 fully saturated rings. The molecule has 0 N–H and O–H groups in total. The van der Waals surface area contributed by atoms with E-state index < -0.39 is 0 Å². The van der Waals surface area contributed by atoms with Crippen molar-refractivity contribution in [2.75, 3.05) is 6.61 Å². The van der Waals surface area contributed by atoms with E-state index in [1.165, 1.54) is 50.5 Å². The molecule has 164 valence electrons. The molecule has 1 aliphatic rings. The quantitative estimate of drug-likeness (QED) is 0.348. The zero-order valence-corrected chi connectivity index (χ0v) is 19.2. The van der Waals surface area contributed by atoms with Gasteiger partial charge in [0.2, 0.25) is 6.29 Å². The van der Waals surface area contributed by atoms with Gasteiger partial charge in [0.25, 0.3) is 0 Å². The van der Waals surface area contributed by atoms with Crippen molar-refractivity contribution >= 4 is 0 Å². The third-order valence-corrected chi connectivity index (χ3v) is 6.55. The summed E-state index contributed by atoms with van der Waals surface area (Å²) in [5.41, 5.74) is 2.49. The lowest BCUT2D eigenvalue weighted by molar-refractivity contribution is -0.0878. The van der Waals surface area contributed by atoms with Gasteiger partial charge in [-0.1, -0.05) is 102 Å². The Morgan fingerprint density at radius 1 is 0.867 bits per heavy atom. The maximum absolute atomic E-state index is 6.32. The third-order valence-electron chi connectivity index (χ3n) is 6.55. The second kappa shape index (κ2) is 12.2. The molecule has 3 rings (SSSR count). The normalized spacial score (nSPS) is 17.1. The van der Waals surface area contributed by atoms with E-state index in [4.69, 9.17) is 9.47 Å². The Balaban J connectivity index is 1.63. The molecule has 0 spiro atoms. The van der Waals surface area contributed by atoms with Crippen molar-refractivity contribution in [2.45, 2.75) is 84.3 Å². The predicted octanol–water partition coefficient (Wildman–Crippen LogP) is 8.29. The molecule has 0 heterocycles. The van der Waals surface area contributed by atoms with Gasteiger partial charge in [-0.05, 0) is 48.3 Å². The molecule has 2 heteroatoms. The fourth-order valence-corrected chi connectivity index (χ4v) is 4.74. The smallest absolute Gasteiger partial charge is 0.226 e. The molecule has 2 aromatic carbocycles. The van der Waals surface area contributed by atoms with Gasteiger partial charge < -0.3 is 9.47 Å². The Kier molecular flexibility index (Phi) is 9.27. The van der Waals surface area contributed by atoms with Crippen molar-refractivity contribution in [3.05, 3.63) is 65.7 Å². The van der Waals surface area contributed by atoms with E-state index in [9.17, 15) is 0 Å². The highest BCUT2D eigenvalue weighted by molar-refractivity contribution is 5.30. The highest BCUT2D eigenvalue weighted by atomic mass is 16.7. The fourth-order valence-electron chi connectivity index (χ4n) is 4.74. The van der Waals surface area contributed by atoms with E-state index in [1.54, 1.807) is 0 Å². The Labute approximate surface area is 184 Å². The Bertz CT molecular complexity index is 701. The van der Waals surface area contributed by atoms with E-state index in [-0.39, 0.29) is 6.29 Å². The summed E-state index contributed by atoms with van der Waals surface area (Å²) in [5.74, 6) is 2.96. The minimum absolute atomic E-state index is 0.350. The molecule has 0 aliphatic heterocycles. The molecule has 1 aliphatic carbocycles. The first-order chi connectivity index (χ1) is 14.7. The van der Waals surface area contributed by atoms with Gasteiger partial charge in [-0.15, -0.1) is 0 Å². The minimum atomic E-state index is -0.350. The molecule has 1 saturated carbocycles. The zero-order chi connectivity index (χ0) is 21.2. The van der Waals surface area contributed by atoms with Gasteiger partial charge in [-0.3, -0.25) is 0 Å². The number of hydrogen-bond acceptors (Lipinski definition) is 2. The standard InChI is InChI=1S/C28H40O2/c1-4-11-27(22(2)3)24-16-18-26(19-17-24)30-28(25-14-9-6-10-15-25)29-21-20-23-12-7-5-8-13-23/h6,9-10,14-19,22-23,27-28H,4-5,7-8,11-13,20-21H2,1-3H3. The molecule has 0 amide bonds. The van der Waals surface area contributed by atoms with Crippen molar-refractivity contribution < 1.29 is 9.47 Å². The van der Waals surface area contributed by atoms with Crippen LogP contribution in [0.5, 0.6) is 5.75 Å². The number of ether oxygens (including phenoxy) is 2. The van der Waals surface area contributed by atoms with Gasteiger partial charge in [0.15, 0.2) is 0 Å². The average molecular weight is 409 g/mol. The Morgan fingerprint density at radius 3 is 2.20 bits per heavy atom. The first-order valence-electron chi connectivity index (χ1n) is 12.1. The molecule has 0 saturated heterocycles. The molecule has 2 unspecified atom stereocenters. The lowest BCUT2D eigenvalue weighted by atomic mass is 9.85. The number of rotatable bonds is 11. The second-order valence-electron chi connectivity index (χ2n) is 9.23. The summed E-state index contributed by atoms with van der Waals surface area (Å²) in [4.78, 5) is 0. The van der Waals surface area contributed by atoms with Crippen LogP contribution in [0.3, 0.4) is 0 Å². The van der Waals surface area contributed by atoms with E-state index in [2.05, 4.69) is 69.3 Å². The summed E-state index contributed by atoms with van der Waals surface area (Å²) < 4.78 is 12.6. The van der Waals surface area contributed by atoms with Gasteiger partial charge in [0.1, 0.15) is 5.75 Å². The summed E-state index contributed by atoms with van der Waals surface area (Å²) >= 11 is 0. The van der Waals surface area contributed by atoms with Crippen LogP contribution in [-0.2, 0) is 4.74 Å². The van der Waals surface area contributed by atoms with Crippen LogP contribution in [0.15, 0.2) is 54.6 Å². The lowest BCUT2D eigenvalue weighted by Crippen LogP contribution is -2.16. The highest BCUT2D eigenvalue weighted by Crippen LogP contribution is 2.32. The average Bonchev–Trinajstić information content (AvgIpc) is 2.78. The van der Waals surface area contributed by atoms with Crippen molar-refractivity contribution in [3.8, 4) is 5.75 Å². The van der Waals surface area contributed by atoms with Crippen LogP contribution in [0.25, 0.3) is 0 Å². The summed E-state index contributed by atoms with van der Waals surface area (Å²) in [7, 11) is 0. The van der Waals surface area contributed by atoms with Gasteiger partial charge in [0.05, 0.1) is 6.61 Å². The Morgan fingerprint density at radius 2 is 1.57 bits per heavy atom. The van der Waals surface area contributed by atoms with Gasteiger partial charge in [-0.2, -0.15) is 0 Å². The number of benzene rings is 2. The van der Waals surface area contributed by atoms with Crippen molar-refractivity contribution in [3.63, 3.8) is 0 Å². The van der Waals surface area contributed by atoms with Crippen molar-refractivity contribution in [1.82, 2.24) is 0 Å². The first kappa shape index (κ1) is 22.9. The van der Waals surface area contributed by atoms with Crippen molar-refractivity contribution in [2.24, 2.45) is 11.8 Å². The fraction of sp³-hybridized carbons (Fsp3) is 0.571. The van der Waals surface area contributed by atoms with E-state index in [0.717, 1.165) is 30.3 Å². The van der Waals surface area contributed by atoms with Gasteiger partial charge in [-0.25, -0.2) is 0 Å². The maximum atomic E-state index is 6.32. The van der Waals surface area contributed by atoms with Crippen LogP contribution in [0.1, 0.15) is 95.5 Å². The van der Waals surface area contributed by atoms with Gasteiger partial charge in [0, 0.05) is 5.56 Å². The van der Waals surface area contributed by atoms with E-state index in [0.29, 0.717) is 11.8 Å². The monoisotopic (exact) mass is 408 g/mol. The molecular weight excluding hydrogens is 368 g/mol. The van der Waals surface area contributed by atoms with Gasteiger partial charge >= 0.3 is 0 Å². The molecule has 2 atom stereocenters. The topological polar surface area (TPSA) is 18.5 Å². The largest absolute Gasteiger partial charge is 0.461 e. The van der Waals surface area contributed by atoms with Crippen LogP contribution >= 0.6 is 0 Å². The first-order valence-corrected chi connectivity index (χ1v) is 12.1. The van der Waals surface area contributed by atoms with Crippen LogP contribution in [-0.4, -0.2) is 6.61 Å². The van der Waals surface area contributed by atoms with Crippen LogP contribution in [0.2, 0.25) is 0 Å². The maximum Gasteiger partial charge on any atom is 0.226 e. The molecule has 2 aromatic rings.